The Hall–Kier alpha value is -1.65. The number of fused-ring (bicyclic) bond motifs is 1. The van der Waals surface area contributed by atoms with Crippen molar-refractivity contribution in [1.29, 1.82) is 0 Å². The predicted molar refractivity (Wildman–Crippen MR) is 122 cm³/mol. The lowest BCUT2D eigenvalue weighted by molar-refractivity contribution is 0.391. The number of hydrogen-bond acceptors (Lipinski definition) is 4. The Bertz CT molecular complexity index is 777. The third-order valence-electron chi connectivity index (χ3n) is 4.73. The molecular formula is C19H33IN8. The minimum atomic E-state index is 0. The van der Waals surface area contributed by atoms with Crippen LogP contribution in [0.2, 0.25) is 0 Å². The quantitative estimate of drug-likeness (QED) is 0.362. The summed E-state index contributed by atoms with van der Waals surface area (Å²) in [4.78, 5) is 13.5. The molecule has 0 aliphatic carbocycles. The third kappa shape index (κ3) is 5.68. The summed E-state index contributed by atoms with van der Waals surface area (Å²) < 4.78 is 4.24. The molecule has 1 aliphatic heterocycles. The normalized spacial score (nSPS) is 16.8. The van der Waals surface area contributed by atoms with Crippen LogP contribution in [0.3, 0.4) is 0 Å². The topological polar surface area (TPSA) is 84.9 Å². The number of aromatic nitrogens is 5. The summed E-state index contributed by atoms with van der Waals surface area (Å²) >= 11 is 0. The average molecular weight is 500 g/mol. The first-order valence-electron chi connectivity index (χ1n) is 9.87. The highest BCUT2D eigenvalue weighted by Crippen LogP contribution is 2.17. The van der Waals surface area contributed by atoms with Crippen LogP contribution in [-0.2, 0) is 26.1 Å². The van der Waals surface area contributed by atoms with E-state index in [9.17, 15) is 0 Å². The number of imidazole rings is 1. The van der Waals surface area contributed by atoms with Gasteiger partial charge in [0.05, 0.1) is 13.1 Å². The van der Waals surface area contributed by atoms with Crippen LogP contribution in [0, 0.1) is 5.92 Å². The van der Waals surface area contributed by atoms with E-state index in [0.717, 1.165) is 49.4 Å². The van der Waals surface area contributed by atoms with Crippen molar-refractivity contribution in [2.24, 2.45) is 10.9 Å². The standard InChI is InChI=1S/C19H32N8.HI/c1-13(2)11-26-9-8-21-17(26)10-22-19(20-5)23-15-6-7-16-24-18(14(3)4)25-27(16)12-15;/h8-9,13-15H,6-7,10-12H2,1-5H3,(H2,20,22,23);1H. The molecule has 1 atom stereocenters. The number of hydrogen-bond donors (Lipinski definition) is 2. The number of aryl methyl sites for hydroxylation is 1. The van der Waals surface area contributed by atoms with Crippen molar-refractivity contribution >= 4 is 29.9 Å². The number of halogens is 1. The van der Waals surface area contributed by atoms with Gasteiger partial charge in [0, 0.05) is 44.4 Å². The maximum absolute atomic E-state index is 4.65. The maximum Gasteiger partial charge on any atom is 0.191 e. The summed E-state index contributed by atoms with van der Waals surface area (Å²) in [6.07, 6.45) is 5.86. The van der Waals surface area contributed by atoms with E-state index in [0.29, 0.717) is 24.4 Å². The number of aliphatic imine (C=N–C) groups is 1. The summed E-state index contributed by atoms with van der Waals surface area (Å²) in [5.74, 6) is 4.80. The lowest BCUT2D eigenvalue weighted by Crippen LogP contribution is -2.47. The van der Waals surface area contributed by atoms with E-state index in [2.05, 4.69) is 63.0 Å². The number of nitrogens with one attached hydrogen (secondary N) is 2. The second-order valence-corrected chi connectivity index (χ2v) is 7.92. The molecule has 2 N–H and O–H groups in total. The van der Waals surface area contributed by atoms with Crippen LogP contribution < -0.4 is 10.6 Å². The second kappa shape index (κ2) is 10.2. The van der Waals surface area contributed by atoms with E-state index in [-0.39, 0.29) is 24.0 Å². The van der Waals surface area contributed by atoms with Gasteiger partial charge in [-0.2, -0.15) is 5.10 Å². The van der Waals surface area contributed by atoms with E-state index in [1.165, 1.54) is 0 Å². The lowest BCUT2D eigenvalue weighted by Gasteiger charge is -2.25. The Morgan fingerprint density at radius 3 is 2.79 bits per heavy atom. The molecule has 28 heavy (non-hydrogen) atoms. The molecule has 0 saturated carbocycles. The van der Waals surface area contributed by atoms with Crippen molar-refractivity contribution in [2.75, 3.05) is 7.05 Å². The fraction of sp³-hybridized carbons (Fsp3) is 0.684. The zero-order chi connectivity index (χ0) is 19.4. The molecule has 8 nitrogen and oxygen atoms in total. The van der Waals surface area contributed by atoms with Gasteiger partial charge in [-0.1, -0.05) is 27.7 Å². The molecule has 0 bridgehead atoms. The fourth-order valence-corrected chi connectivity index (χ4v) is 3.31. The summed E-state index contributed by atoms with van der Waals surface area (Å²) in [6, 6.07) is 0.292. The number of guanidine groups is 1. The van der Waals surface area contributed by atoms with Crippen LogP contribution in [0.25, 0.3) is 0 Å². The smallest absolute Gasteiger partial charge is 0.191 e. The molecule has 0 aromatic carbocycles. The van der Waals surface area contributed by atoms with E-state index in [4.69, 9.17) is 0 Å². The van der Waals surface area contributed by atoms with Gasteiger partial charge < -0.3 is 15.2 Å². The molecule has 3 rings (SSSR count). The third-order valence-corrected chi connectivity index (χ3v) is 4.73. The summed E-state index contributed by atoms with van der Waals surface area (Å²) in [7, 11) is 1.80. The zero-order valence-electron chi connectivity index (χ0n) is 17.5. The van der Waals surface area contributed by atoms with Crippen molar-refractivity contribution in [3.8, 4) is 0 Å². The molecule has 0 amide bonds. The van der Waals surface area contributed by atoms with Crippen LogP contribution in [0.4, 0.5) is 0 Å². The predicted octanol–water partition coefficient (Wildman–Crippen LogP) is 2.55. The first-order chi connectivity index (χ1) is 13.0. The monoisotopic (exact) mass is 500 g/mol. The van der Waals surface area contributed by atoms with E-state index >= 15 is 0 Å². The molecule has 1 aliphatic rings. The molecule has 0 saturated heterocycles. The molecule has 0 spiro atoms. The average Bonchev–Trinajstić information content (AvgIpc) is 3.24. The van der Waals surface area contributed by atoms with Gasteiger partial charge in [0.1, 0.15) is 11.6 Å². The summed E-state index contributed by atoms with van der Waals surface area (Å²) in [5, 5.41) is 11.6. The second-order valence-electron chi connectivity index (χ2n) is 7.92. The molecule has 0 radical (unpaired) electrons. The van der Waals surface area contributed by atoms with Gasteiger partial charge in [0.15, 0.2) is 11.8 Å². The Balaban J connectivity index is 0.00000280. The van der Waals surface area contributed by atoms with Crippen LogP contribution in [0.15, 0.2) is 17.4 Å². The van der Waals surface area contributed by atoms with Gasteiger partial charge in [-0.15, -0.1) is 24.0 Å². The highest BCUT2D eigenvalue weighted by molar-refractivity contribution is 14.0. The van der Waals surface area contributed by atoms with Gasteiger partial charge in [-0.3, -0.25) is 4.99 Å². The molecule has 2 aromatic rings. The minimum Gasteiger partial charge on any atom is -0.352 e. The van der Waals surface area contributed by atoms with Crippen molar-refractivity contribution in [2.45, 2.75) is 72.1 Å². The minimum absolute atomic E-state index is 0. The van der Waals surface area contributed by atoms with Gasteiger partial charge in [-0.05, 0) is 12.3 Å². The Morgan fingerprint density at radius 1 is 1.32 bits per heavy atom. The fourth-order valence-electron chi connectivity index (χ4n) is 3.31. The highest BCUT2D eigenvalue weighted by atomic mass is 127. The first-order valence-corrected chi connectivity index (χ1v) is 9.87. The molecule has 9 heteroatoms. The molecule has 2 aromatic heterocycles. The number of nitrogens with zero attached hydrogens (tertiary/aromatic N) is 6. The first kappa shape index (κ1) is 22.6. The molecule has 1 unspecified atom stereocenters. The van der Waals surface area contributed by atoms with E-state index < -0.39 is 0 Å². The summed E-state index contributed by atoms with van der Waals surface area (Å²) in [5.41, 5.74) is 0. The Kier molecular flexibility index (Phi) is 8.26. The van der Waals surface area contributed by atoms with Crippen LogP contribution in [0.1, 0.15) is 57.5 Å². The van der Waals surface area contributed by atoms with Gasteiger partial charge in [-0.25, -0.2) is 14.6 Å². The maximum atomic E-state index is 4.65. The SMILES string of the molecule is CN=C(NCc1nccn1CC(C)C)NC1CCc2nc(C(C)C)nn2C1.I. The molecule has 0 fully saturated rings. The van der Waals surface area contributed by atoms with Crippen LogP contribution in [0.5, 0.6) is 0 Å². The van der Waals surface area contributed by atoms with Crippen molar-refractivity contribution in [3.63, 3.8) is 0 Å². The highest BCUT2D eigenvalue weighted by Gasteiger charge is 2.23. The van der Waals surface area contributed by atoms with Crippen LogP contribution >= 0.6 is 24.0 Å². The van der Waals surface area contributed by atoms with Crippen molar-refractivity contribution < 1.29 is 0 Å². The molecular weight excluding hydrogens is 467 g/mol. The number of rotatable bonds is 6. The largest absolute Gasteiger partial charge is 0.352 e. The lowest BCUT2D eigenvalue weighted by atomic mass is 10.1. The Labute approximate surface area is 184 Å². The van der Waals surface area contributed by atoms with E-state index in [1.807, 2.05) is 17.1 Å². The van der Waals surface area contributed by atoms with Crippen LogP contribution in [-0.4, -0.2) is 43.4 Å². The zero-order valence-corrected chi connectivity index (χ0v) is 19.8. The van der Waals surface area contributed by atoms with Gasteiger partial charge >= 0.3 is 0 Å². The van der Waals surface area contributed by atoms with Crippen molar-refractivity contribution in [1.82, 2.24) is 34.9 Å². The molecule has 3 heterocycles. The van der Waals surface area contributed by atoms with Gasteiger partial charge in [0.25, 0.3) is 0 Å². The van der Waals surface area contributed by atoms with Gasteiger partial charge in [0.2, 0.25) is 0 Å². The van der Waals surface area contributed by atoms with E-state index in [1.54, 1.807) is 7.05 Å². The summed E-state index contributed by atoms with van der Waals surface area (Å²) in [6.45, 7) is 11.1. The molecule has 156 valence electrons. The Morgan fingerprint density at radius 2 is 2.11 bits per heavy atom. The van der Waals surface area contributed by atoms with Crippen molar-refractivity contribution in [3.05, 3.63) is 29.9 Å².